The third kappa shape index (κ3) is 2.76. The van der Waals surface area contributed by atoms with E-state index in [1.165, 1.54) is 0 Å². The summed E-state index contributed by atoms with van der Waals surface area (Å²) in [6, 6.07) is 0.0549. The van der Waals surface area contributed by atoms with Crippen LogP contribution in [0.3, 0.4) is 0 Å². The highest BCUT2D eigenvalue weighted by atomic mass is 16.2. The number of carbonyl (C=O) groups excluding carboxylic acids is 1. The van der Waals surface area contributed by atoms with Crippen molar-refractivity contribution in [2.75, 3.05) is 6.54 Å². The van der Waals surface area contributed by atoms with Gasteiger partial charge in [0, 0.05) is 6.54 Å². The maximum atomic E-state index is 12.1. The van der Waals surface area contributed by atoms with E-state index >= 15 is 0 Å². The molecular weight excluding hydrogens is 200 g/mol. The van der Waals surface area contributed by atoms with E-state index in [1.807, 2.05) is 0 Å². The summed E-state index contributed by atoms with van der Waals surface area (Å²) < 4.78 is 0. The molecule has 3 nitrogen and oxygen atoms in total. The van der Waals surface area contributed by atoms with Crippen LogP contribution in [-0.4, -0.2) is 29.6 Å². The summed E-state index contributed by atoms with van der Waals surface area (Å²) in [6.45, 7) is 9.56. The van der Waals surface area contributed by atoms with Crippen LogP contribution in [0.1, 0.15) is 53.4 Å². The van der Waals surface area contributed by atoms with Gasteiger partial charge in [0.15, 0.2) is 0 Å². The smallest absolute Gasteiger partial charge is 0.241 e. The summed E-state index contributed by atoms with van der Waals surface area (Å²) in [5, 5.41) is 3.42. The molecule has 2 unspecified atom stereocenters. The van der Waals surface area contributed by atoms with E-state index in [9.17, 15) is 4.79 Å². The molecule has 1 amide bonds. The summed E-state index contributed by atoms with van der Waals surface area (Å²) in [5.74, 6) is 0.955. The van der Waals surface area contributed by atoms with Crippen molar-refractivity contribution in [3.05, 3.63) is 0 Å². The molecule has 0 aromatic carbocycles. The summed E-state index contributed by atoms with van der Waals surface area (Å²) >= 11 is 0. The van der Waals surface area contributed by atoms with Gasteiger partial charge in [-0.05, 0) is 18.8 Å². The number of hydrogen-bond donors (Lipinski definition) is 1. The van der Waals surface area contributed by atoms with Crippen molar-refractivity contribution in [1.29, 1.82) is 0 Å². The average Bonchev–Trinajstić information content (AvgIpc) is 2.62. The molecule has 0 spiro atoms. The number of nitrogens with one attached hydrogen (secondary N) is 1. The topological polar surface area (TPSA) is 32.3 Å². The van der Waals surface area contributed by atoms with Crippen LogP contribution in [0.5, 0.6) is 0 Å². The molecule has 1 saturated heterocycles. The summed E-state index contributed by atoms with van der Waals surface area (Å²) in [4.78, 5) is 14.2. The second-order valence-corrected chi connectivity index (χ2v) is 4.72. The Morgan fingerprint density at radius 3 is 2.25 bits per heavy atom. The van der Waals surface area contributed by atoms with Crippen molar-refractivity contribution >= 4 is 5.91 Å². The van der Waals surface area contributed by atoms with Crippen molar-refractivity contribution in [2.45, 2.75) is 65.6 Å². The molecule has 0 radical (unpaired) electrons. The van der Waals surface area contributed by atoms with E-state index in [-0.39, 0.29) is 12.2 Å². The van der Waals surface area contributed by atoms with Crippen molar-refractivity contribution in [3.63, 3.8) is 0 Å². The molecule has 1 heterocycles. The lowest BCUT2D eigenvalue weighted by molar-refractivity contribution is -0.130. The Labute approximate surface area is 99.6 Å². The quantitative estimate of drug-likeness (QED) is 0.754. The van der Waals surface area contributed by atoms with Crippen molar-refractivity contribution in [1.82, 2.24) is 10.2 Å². The van der Waals surface area contributed by atoms with Gasteiger partial charge in [0.25, 0.3) is 0 Å². The Kier molecular flexibility index (Phi) is 5.26. The zero-order chi connectivity index (χ0) is 12.1. The molecule has 0 aromatic heterocycles. The lowest BCUT2D eigenvalue weighted by atomic mass is 10.0. The predicted octanol–water partition coefficient (Wildman–Crippen LogP) is 2.37. The lowest BCUT2D eigenvalue weighted by Crippen LogP contribution is -2.39. The van der Waals surface area contributed by atoms with Gasteiger partial charge in [0.05, 0.1) is 12.2 Å². The molecule has 1 aliphatic rings. The van der Waals surface area contributed by atoms with E-state index < -0.39 is 0 Å². The summed E-state index contributed by atoms with van der Waals surface area (Å²) in [6.07, 6.45) is 4.48. The van der Waals surface area contributed by atoms with Crippen LogP contribution in [0, 0.1) is 5.92 Å². The van der Waals surface area contributed by atoms with Crippen LogP contribution >= 0.6 is 0 Å². The fourth-order valence-corrected chi connectivity index (χ4v) is 2.42. The highest BCUT2D eigenvalue weighted by molar-refractivity contribution is 5.84. The molecule has 2 atom stereocenters. The molecular formula is C13H26N2O. The zero-order valence-corrected chi connectivity index (χ0v) is 11.1. The number of hydrogen-bond acceptors (Lipinski definition) is 2. The average molecular weight is 226 g/mol. The van der Waals surface area contributed by atoms with Gasteiger partial charge in [-0.25, -0.2) is 0 Å². The molecule has 0 aromatic rings. The number of carbonyl (C=O) groups is 1. The minimum atomic E-state index is 0.0549. The SMILES string of the molecule is CCC(CC)CN1C(=O)C(CC)NC1CC. The fourth-order valence-electron chi connectivity index (χ4n) is 2.42. The molecule has 1 N–H and O–H groups in total. The molecule has 1 aliphatic heterocycles. The second kappa shape index (κ2) is 6.24. The van der Waals surface area contributed by atoms with Crippen LogP contribution in [0.4, 0.5) is 0 Å². The molecule has 0 aliphatic carbocycles. The third-order valence-corrected chi connectivity index (χ3v) is 3.76. The van der Waals surface area contributed by atoms with Crippen LogP contribution in [-0.2, 0) is 4.79 Å². The van der Waals surface area contributed by atoms with E-state index in [0.717, 1.165) is 32.2 Å². The zero-order valence-electron chi connectivity index (χ0n) is 11.1. The van der Waals surface area contributed by atoms with Crippen molar-refractivity contribution in [2.24, 2.45) is 5.92 Å². The molecule has 3 heteroatoms. The first-order chi connectivity index (χ1) is 7.67. The van der Waals surface area contributed by atoms with E-state index in [4.69, 9.17) is 0 Å². The highest BCUT2D eigenvalue weighted by Gasteiger charge is 2.37. The van der Waals surface area contributed by atoms with Gasteiger partial charge in [-0.1, -0.05) is 40.5 Å². The minimum Gasteiger partial charge on any atom is -0.326 e. The molecule has 0 saturated carbocycles. The first-order valence-corrected chi connectivity index (χ1v) is 6.74. The number of nitrogens with zero attached hydrogens (tertiary/aromatic N) is 1. The Morgan fingerprint density at radius 1 is 1.19 bits per heavy atom. The standard InChI is InChI=1S/C13H26N2O/c1-5-10(6-2)9-15-12(8-4)14-11(7-3)13(15)16/h10-12,14H,5-9H2,1-4H3. The second-order valence-electron chi connectivity index (χ2n) is 4.72. The number of amides is 1. The lowest BCUT2D eigenvalue weighted by Gasteiger charge is -2.27. The molecule has 94 valence electrons. The Hall–Kier alpha value is -0.570. The van der Waals surface area contributed by atoms with Gasteiger partial charge in [-0.2, -0.15) is 0 Å². The van der Waals surface area contributed by atoms with Crippen LogP contribution in [0.15, 0.2) is 0 Å². The van der Waals surface area contributed by atoms with Crippen molar-refractivity contribution < 1.29 is 4.79 Å². The van der Waals surface area contributed by atoms with Gasteiger partial charge in [0.1, 0.15) is 0 Å². The maximum Gasteiger partial charge on any atom is 0.241 e. The first-order valence-electron chi connectivity index (χ1n) is 6.74. The molecule has 0 bridgehead atoms. The van der Waals surface area contributed by atoms with E-state index in [1.54, 1.807) is 0 Å². The third-order valence-electron chi connectivity index (χ3n) is 3.76. The van der Waals surface area contributed by atoms with Gasteiger partial charge in [0.2, 0.25) is 5.91 Å². The molecule has 1 fully saturated rings. The predicted molar refractivity (Wildman–Crippen MR) is 67.1 cm³/mol. The van der Waals surface area contributed by atoms with Crippen LogP contribution in [0.2, 0.25) is 0 Å². The number of rotatable bonds is 6. The highest BCUT2D eigenvalue weighted by Crippen LogP contribution is 2.19. The van der Waals surface area contributed by atoms with Crippen molar-refractivity contribution in [3.8, 4) is 0 Å². The molecule has 16 heavy (non-hydrogen) atoms. The van der Waals surface area contributed by atoms with Gasteiger partial charge >= 0.3 is 0 Å². The summed E-state index contributed by atoms with van der Waals surface area (Å²) in [5.41, 5.74) is 0. The largest absolute Gasteiger partial charge is 0.326 e. The maximum absolute atomic E-state index is 12.1. The fraction of sp³-hybridized carbons (Fsp3) is 0.923. The Bertz CT molecular complexity index is 226. The monoisotopic (exact) mass is 226 g/mol. The summed E-state index contributed by atoms with van der Waals surface area (Å²) in [7, 11) is 0. The Morgan fingerprint density at radius 2 is 1.81 bits per heavy atom. The first kappa shape index (κ1) is 13.5. The Balaban J connectivity index is 2.65. The van der Waals surface area contributed by atoms with Gasteiger partial charge in [-0.3, -0.25) is 10.1 Å². The van der Waals surface area contributed by atoms with Gasteiger partial charge in [-0.15, -0.1) is 0 Å². The van der Waals surface area contributed by atoms with E-state index in [2.05, 4.69) is 37.9 Å². The van der Waals surface area contributed by atoms with Crippen LogP contribution in [0.25, 0.3) is 0 Å². The molecule has 1 rings (SSSR count). The minimum absolute atomic E-state index is 0.0549. The normalized spacial score (nSPS) is 25.8. The van der Waals surface area contributed by atoms with E-state index in [0.29, 0.717) is 11.8 Å². The van der Waals surface area contributed by atoms with Crippen LogP contribution < -0.4 is 5.32 Å². The van der Waals surface area contributed by atoms with Gasteiger partial charge < -0.3 is 4.90 Å².